The van der Waals surface area contributed by atoms with Crippen molar-refractivity contribution >= 4 is 136 Å². The number of aromatic amines is 1. The summed E-state index contributed by atoms with van der Waals surface area (Å²) in [5.74, 6) is 0. The molecule has 10 aromatic carbocycles. The highest BCUT2D eigenvalue weighted by molar-refractivity contribution is 7.90. The van der Waals surface area contributed by atoms with Crippen molar-refractivity contribution in [2.45, 2.75) is 12.5 Å². The normalized spacial score (nSPS) is 14.8. The minimum Gasteiger partial charge on any atom is -0.399 e. The van der Waals surface area contributed by atoms with Gasteiger partial charge in [-0.05, 0) is 79.2 Å². The first-order valence-corrected chi connectivity index (χ1v) is 30.3. The summed E-state index contributed by atoms with van der Waals surface area (Å²) in [6, 6.07) is 75.2. The number of nitrogens with two attached hydrogens (primary N) is 1. The van der Waals surface area contributed by atoms with E-state index in [9.17, 15) is 18.5 Å². The van der Waals surface area contributed by atoms with E-state index in [1.165, 1.54) is 75.1 Å². The molecule has 2 saturated heterocycles. The molecule has 0 radical (unpaired) electrons. The number of likely N-dealkylation sites (tertiary alicyclic amines) is 1. The minimum absolute atomic E-state index is 0.128. The molecule has 15 aromatic rings. The third kappa shape index (κ3) is 10.0. The smallest absolute Gasteiger partial charge is 0.304 e. The predicted molar refractivity (Wildman–Crippen MR) is 357 cm³/mol. The molecule has 0 amide bonds. The summed E-state index contributed by atoms with van der Waals surface area (Å²) in [5.41, 5.74) is 19.0. The number of benzene rings is 10. The quantitative estimate of drug-likeness (QED) is 0.0767. The summed E-state index contributed by atoms with van der Waals surface area (Å²) >= 11 is 0. The molecule has 2 aliphatic rings. The van der Waals surface area contributed by atoms with Gasteiger partial charge in [0.05, 0.1) is 27.2 Å². The highest BCUT2D eigenvalue weighted by Gasteiger charge is 2.43. The lowest BCUT2D eigenvalue weighted by molar-refractivity contribution is -0.384. The molecule has 87 heavy (non-hydrogen) atoms. The average Bonchev–Trinajstić information content (AvgIpc) is 3.24. The zero-order chi connectivity index (χ0) is 60.1. The standard InChI is InChI=1S/C20H21N5O2S.C13H10N2O2.C13H12N2.C13H11N.C12H9N/c1-22-19-5-3-2-4-17(19)18-7-6-15(12-20(18)22)24-10-11-25(28(24,26)27)16-8-9-23(13-16)14-21;1-14-12-5-3-2-4-10(12)11-7-6-9(15(16)17)8-13(11)14;1-15-12-5-3-2-4-10(12)11-7-6-9(14)8-13(11)15;1-14-12-8-4-2-6-10(12)11-7-3-5-9-13(11)14;1-3-7-11-9(5-1)10-6-2-4-8-12(10)13-11/h2-7,12,16H,8-11,13H2,1H3;2-8H,1H3;2-8H,14H2,1H3;2-9H,1H3;1-8,13H/t16-;;;;/m1..../s1. The van der Waals surface area contributed by atoms with Gasteiger partial charge in [-0.1, -0.05) is 140 Å². The fraction of sp³-hybridized carbons (Fsp3) is 0.141. The van der Waals surface area contributed by atoms with E-state index in [1.807, 2.05) is 91.5 Å². The van der Waals surface area contributed by atoms with Crippen molar-refractivity contribution in [1.82, 2.24) is 32.5 Å². The fourth-order valence-electron chi connectivity index (χ4n) is 12.9. The molecule has 0 aliphatic carbocycles. The number of H-pyrrole nitrogens is 1. The largest absolute Gasteiger partial charge is 0.399 e. The molecule has 1 atom stereocenters. The van der Waals surface area contributed by atoms with Gasteiger partial charge in [-0.15, -0.1) is 0 Å². The van der Waals surface area contributed by atoms with E-state index in [0.717, 1.165) is 43.9 Å². The molecule has 3 N–H and O–H groups in total. The molecule has 2 aliphatic heterocycles. The number of non-ortho nitro benzene ring substituents is 1. The van der Waals surface area contributed by atoms with E-state index in [4.69, 9.17) is 11.0 Å². The Balaban J connectivity index is 0.000000104. The van der Waals surface area contributed by atoms with Gasteiger partial charge in [0.25, 0.3) is 5.69 Å². The van der Waals surface area contributed by atoms with E-state index in [-0.39, 0.29) is 16.7 Å². The molecule has 7 heterocycles. The number of nitrogens with zero attached hydrogens (tertiary/aromatic N) is 9. The van der Waals surface area contributed by atoms with Crippen molar-refractivity contribution in [3.8, 4) is 6.19 Å². The molecular formula is C71H63N11O4S. The number of aryl methyl sites for hydroxylation is 4. The molecule has 5 aromatic heterocycles. The zero-order valence-electron chi connectivity index (χ0n) is 48.6. The number of rotatable bonds is 3. The maximum absolute atomic E-state index is 13.2. The van der Waals surface area contributed by atoms with Crippen molar-refractivity contribution < 1.29 is 13.3 Å². The number of fused-ring (bicyclic) bond motifs is 15. The molecule has 17 rings (SSSR count). The number of nitrogens with one attached hydrogen (secondary N) is 1. The molecule has 2 fully saturated rings. The van der Waals surface area contributed by atoms with Gasteiger partial charge in [0.15, 0.2) is 6.19 Å². The lowest BCUT2D eigenvalue weighted by atomic mass is 10.1. The van der Waals surface area contributed by atoms with Crippen LogP contribution in [0.4, 0.5) is 17.1 Å². The Morgan fingerprint density at radius 3 is 1.30 bits per heavy atom. The monoisotopic (exact) mass is 1170 g/mol. The van der Waals surface area contributed by atoms with Crippen LogP contribution in [0.3, 0.4) is 0 Å². The van der Waals surface area contributed by atoms with Crippen molar-refractivity contribution in [3.63, 3.8) is 0 Å². The lowest BCUT2D eigenvalue weighted by Crippen LogP contribution is -2.41. The van der Waals surface area contributed by atoms with Gasteiger partial charge in [-0.2, -0.15) is 18.0 Å². The van der Waals surface area contributed by atoms with Crippen LogP contribution in [-0.2, 0) is 38.4 Å². The van der Waals surface area contributed by atoms with Gasteiger partial charge in [-0.25, -0.2) is 0 Å². The van der Waals surface area contributed by atoms with Crippen molar-refractivity contribution in [2.24, 2.45) is 28.2 Å². The van der Waals surface area contributed by atoms with Crippen LogP contribution in [0.15, 0.2) is 224 Å². The van der Waals surface area contributed by atoms with Crippen molar-refractivity contribution in [1.29, 1.82) is 5.26 Å². The van der Waals surface area contributed by atoms with Crippen LogP contribution in [0.1, 0.15) is 6.42 Å². The summed E-state index contributed by atoms with van der Waals surface area (Å²) in [4.78, 5) is 15.4. The number of nitriles is 1. The molecular weight excluding hydrogens is 1100 g/mol. The van der Waals surface area contributed by atoms with Gasteiger partial charge >= 0.3 is 10.2 Å². The Morgan fingerprint density at radius 1 is 0.471 bits per heavy atom. The Hall–Kier alpha value is -10.6. The van der Waals surface area contributed by atoms with Gasteiger partial charge < -0.3 is 33.9 Å². The predicted octanol–water partition coefficient (Wildman–Crippen LogP) is 15.1. The van der Waals surface area contributed by atoms with Crippen molar-refractivity contribution in [3.05, 3.63) is 235 Å². The number of nitrogen functional groups attached to an aromatic ring is 1. The third-order valence-electron chi connectivity index (χ3n) is 17.3. The van der Waals surface area contributed by atoms with Gasteiger partial charge in [0, 0.05) is 171 Å². The average molecular weight is 1170 g/mol. The lowest BCUT2D eigenvalue weighted by Gasteiger charge is -2.24. The molecule has 0 bridgehead atoms. The summed E-state index contributed by atoms with van der Waals surface area (Å²) in [6.07, 6.45) is 2.82. The second-order valence-corrected chi connectivity index (χ2v) is 24.0. The fourth-order valence-corrected chi connectivity index (χ4v) is 14.7. The number of nitro benzene ring substituents is 1. The summed E-state index contributed by atoms with van der Waals surface area (Å²) in [5, 5.41) is 32.1. The number of hydrogen-bond acceptors (Lipinski definition) is 7. The van der Waals surface area contributed by atoms with Crippen LogP contribution < -0.4 is 10.0 Å². The van der Waals surface area contributed by atoms with Crippen LogP contribution in [0.5, 0.6) is 0 Å². The Morgan fingerprint density at radius 2 is 0.851 bits per heavy atom. The summed E-state index contributed by atoms with van der Waals surface area (Å²) in [6.45, 7) is 1.99. The van der Waals surface area contributed by atoms with Gasteiger partial charge in [0.2, 0.25) is 0 Å². The first-order chi connectivity index (χ1) is 42.3. The van der Waals surface area contributed by atoms with Crippen LogP contribution in [0.25, 0.3) is 109 Å². The molecule has 0 unspecified atom stereocenters. The molecule has 0 saturated carbocycles. The van der Waals surface area contributed by atoms with E-state index >= 15 is 0 Å². The second-order valence-electron chi connectivity index (χ2n) is 22.2. The maximum atomic E-state index is 13.2. The van der Waals surface area contributed by atoms with Crippen LogP contribution in [-0.4, -0.2) is 78.0 Å². The maximum Gasteiger partial charge on any atom is 0.304 e. The Bertz CT molecular complexity index is 5200. The minimum atomic E-state index is -3.59. The SMILES string of the molecule is Cn1c2ccccc2c2ccc(N)cc21.Cn1c2ccccc2c2ccc(N3CCN([C@@H]4CCN(C#N)C4)S3(=O)=O)cc21.Cn1c2ccccc2c2ccc([N+](=O)[O-])cc21.Cn1c2ccccc2c2ccccc21.c1ccc2c(c1)[nH]c1ccccc12. The van der Waals surface area contributed by atoms with Crippen LogP contribution >= 0.6 is 0 Å². The molecule has 432 valence electrons. The van der Waals surface area contributed by atoms with E-state index in [2.05, 4.69) is 179 Å². The summed E-state index contributed by atoms with van der Waals surface area (Å²) in [7, 11) is 4.54. The Kier molecular flexibility index (Phi) is 14.5. The zero-order valence-corrected chi connectivity index (χ0v) is 49.4. The first kappa shape index (κ1) is 55.6. The van der Waals surface area contributed by atoms with Crippen LogP contribution in [0.2, 0.25) is 0 Å². The molecule has 15 nitrogen and oxygen atoms in total. The van der Waals surface area contributed by atoms with E-state index < -0.39 is 10.2 Å². The molecule has 16 heteroatoms. The van der Waals surface area contributed by atoms with Crippen LogP contribution in [0, 0.1) is 21.6 Å². The number of nitro groups is 1. The number of hydrogen-bond donors (Lipinski definition) is 2. The topological polar surface area (TPSA) is 172 Å². The second kappa shape index (κ2) is 22.8. The number of aromatic nitrogens is 5. The highest BCUT2D eigenvalue weighted by atomic mass is 32.2. The van der Waals surface area contributed by atoms with E-state index in [1.54, 1.807) is 21.3 Å². The first-order valence-electron chi connectivity index (χ1n) is 28.9. The van der Waals surface area contributed by atoms with Crippen molar-refractivity contribution in [2.75, 3.05) is 36.2 Å². The highest BCUT2D eigenvalue weighted by Crippen LogP contribution is 2.36. The third-order valence-corrected chi connectivity index (χ3v) is 19.3. The Labute approximate surface area is 502 Å². The van der Waals surface area contributed by atoms with E-state index in [0.29, 0.717) is 38.3 Å². The van der Waals surface area contributed by atoms with Gasteiger partial charge in [-0.3, -0.25) is 14.4 Å². The summed E-state index contributed by atoms with van der Waals surface area (Å²) < 4.78 is 38.0. The molecule has 0 spiro atoms. The number of anilines is 2. The number of para-hydroxylation sites is 7. The van der Waals surface area contributed by atoms with Gasteiger partial charge in [0.1, 0.15) is 0 Å².